The summed E-state index contributed by atoms with van der Waals surface area (Å²) in [7, 11) is 0. The van der Waals surface area contributed by atoms with Crippen molar-refractivity contribution in [3.05, 3.63) is 42.5 Å². The van der Waals surface area contributed by atoms with Gasteiger partial charge in [0.05, 0.1) is 17.8 Å². The van der Waals surface area contributed by atoms with E-state index in [1.165, 1.54) is 6.33 Å². The number of benzene rings is 1. The molecule has 0 radical (unpaired) electrons. The monoisotopic (exact) mass is 343 g/mol. The molecule has 23 heavy (non-hydrogen) atoms. The Morgan fingerprint density at radius 3 is 2.78 bits per heavy atom. The van der Waals surface area contributed by atoms with Crippen LogP contribution in [0.15, 0.2) is 41.8 Å². The molecular weight excluding hydrogens is 327 g/mol. The first-order valence-corrected chi connectivity index (χ1v) is 7.83. The van der Waals surface area contributed by atoms with Gasteiger partial charge in [-0.1, -0.05) is 6.07 Å². The fourth-order valence-electron chi connectivity index (χ4n) is 1.90. The van der Waals surface area contributed by atoms with Crippen LogP contribution in [0.5, 0.6) is 0 Å². The number of anilines is 1. The van der Waals surface area contributed by atoms with Crippen molar-refractivity contribution in [1.29, 1.82) is 0 Å². The molecule has 2 aromatic rings. The minimum atomic E-state index is -4.26. The quantitative estimate of drug-likeness (QED) is 0.833. The lowest BCUT2D eigenvalue weighted by Gasteiger charge is -2.16. The lowest BCUT2D eigenvalue weighted by atomic mass is 10.2. The van der Waals surface area contributed by atoms with Gasteiger partial charge in [0.1, 0.15) is 6.04 Å². The molecule has 1 amide bonds. The van der Waals surface area contributed by atoms with Crippen LogP contribution < -0.4 is 5.32 Å². The van der Waals surface area contributed by atoms with E-state index < -0.39 is 18.0 Å². The summed E-state index contributed by atoms with van der Waals surface area (Å²) < 4.78 is 38.8. The fraction of sp³-hybridized carbons (Fsp3) is 0.333. The lowest BCUT2D eigenvalue weighted by Crippen LogP contribution is -2.23. The lowest BCUT2D eigenvalue weighted by molar-refractivity contribution is -0.118. The van der Waals surface area contributed by atoms with Gasteiger partial charge in [-0.2, -0.15) is 13.2 Å². The van der Waals surface area contributed by atoms with Crippen LogP contribution in [-0.4, -0.2) is 27.4 Å². The Bertz CT molecular complexity index is 671. The molecule has 4 nitrogen and oxygen atoms in total. The Labute approximate surface area is 136 Å². The van der Waals surface area contributed by atoms with Gasteiger partial charge in [-0.3, -0.25) is 4.79 Å². The van der Waals surface area contributed by atoms with E-state index in [1.54, 1.807) is 42.1 Å². The van der Waals surface area contributed by atoms with E-state index in [0.29, 0.717) is 22.3 Å². The van der Waals surface area contributed by atoms with E-state index in [1.807, 2.05) is 6.92 Å². The Kier molecular flexibility index (Phi) is 5.35. The predicted molar refractivity (Wildman–Crippen MR) is 83.5 cm³/mol. The van der Waals surface area contributed by atoms with Crippen LogP contribution in [0.4, 0.5) is 18.9 Å². The molecule has 0 fully saturated rings. The summed E-state index contributed by atoms with van der Waals surface area (Å²) >= 11 is 0.655. The Hall–Kier alpha value is -1.96. The minimum absolute atomic E-state index is 0.317. The Balaban J connectivity index is 2.14. The van der Waals surface area contributed by atoms with Gasteiger partial charge in [0, 0.05) is 17.3 Å². The predicted octanol–water partition coefficient (Wildman–Crippen LogP) is 4.05. The molecule has 0 aliphatic rings. The number of imidazole rings is 1. The number of halogens is 3. The van der Waals surface area contributed by atoms with Gasteiger partial charge in [0.25, 0.3) is 0 Å². The molecule has 1 heterocycles. The number of aryl methyl sites for hydroxylation is 1. The molecule has 0 aliphatic carbocycles. The molecular formula is C15H16F3N3OS. The second kappa shape index (κ2) is 7.08. The largest absolute Gasteiger partial charge is 0.398 e. The highest BCUT2D eigenvalue weighted by Crippen LogP contribution is 2.33. The standard InChI is InChI=1S/C15H16F3N3OS/c1-10-3-4-13(23-8-15(16,17)18)12(7-10)20-14(22)11(2)21-6-5-19-9-21/h3-7,9,11H,8H2,1-2H3,(H,20,22)/t11-/m1/s1. The van der Waals surface area contributed by atoms with Crippen molar-refractivity contribution in [2.45, 2.75) is 31.0 Å². The summed E-state index contributed by atoms with van der Waals surface area (Å²) in [5.74, 6) is -1.32. The smallest absolute Gasteiger partial charge is 0.325 e. The van der Waals surface area contributed by atoms with Crippen molar-refractivity contribution >= 4 is 23.4 Å². The maximum Gasteiger partial charge on any atom is 0.398 e. The minimum Gasteiger partial charge on any atom is -0.325 e. The van der Waals surface area contributed by atoms with Gasteiger partial charge in [-0.15, -0.1) is 11.8 Å². The molecule has 2 rings (SSSR count). The number of thioether (sulfide) groups is 1. The molecule has 0 aliphatic heterocycles. The second-order valence-corrected chi connectivity index (χ2v) is 6.10. The average molecular weight is 343 g/mol. The normalized spacial score (nSPS) is 12.9. The van der Waals surface area contributed by atoms with Gasteiger partial charge in [-0.05, 0) is 31.5 Å². The molecule has 0 bridgehead atoms. The van der Waals surface area contributed by atoms with E-state index in [0.717, 1.165) is 5.56 Å². The molecule has 1 aromatic heterocycles. The summed E-state index contributed by atoms with van der Waals surface area (Å²) in [6.45, 7) is 3.50. The number of rotatable bonds is 5. The zero-order valence-electron chi connectivity index (χ0n) is 12.6. The summed E-state index contributed by atoms with van der Waals surface area (Å²) in [5.41, 5.74) is 1.24. The third kappa shape index (κ3) is 5.02. The summed E-state index contributed by atoms with van der Waals surface area (Å²) in [6, 6.07) is 4.45. The van der Waals surface area contributed by atoms with Crippen molar-refractivity contribution in [3.8, 4) is 0 Å². The van der Waals surface area contributed by atoms with Gasteiger partial charge < -0.3 is 9.88 Å². The van der Waals surface area contributed by atoms with Gasteiger partial charge in [0.15, 0.2) is 0 Å². The van der Waals surface area contributed by atoms with E-state index in [9.17, 15) is 18.0 Å². The number of hydrogen-bond acceptors (Lipinski definition) is 3. The van der Waals surface area contributed by atoms with E-state index in [2.05, 4.69) is 10.3 Å². The maximum atomic E-state index is 12.4. The zero-order chi connectivity index (χ0) is 17.0. The number of hydrogen-bond donors (Lipinski definition) is 1. The van der Waals surface area contributed by atoms with Crippen molar-refractivity contribution in [2.24, 2.45) is 0 Å². The van der Waals surface area contributed by atoms with Crippen LogP contribution in [-0.2, 0) is 4.79 Å². The van der Waals surface area contributed by atoms with Crippen molar-refractivity contribution < 1.29 is 18.0 Å². The number of amides is 1. The molecule has 1 aromatic carbocycles. The molecule has 0 spiro atoms. The third-order valence-electron chi connectivity index (χ3n) is 3.14. The van der Waals surface area contributed by atoms with Crippen molar-refractivity contribution in [3.63, 3.8) is 0 Å². The Morgan fingerprint density at radius 1 is 1.43 bits per heavy atom. The number of carbonyl (C=O) groups is 1. The van der Waals surface area contributed by atoms with Crippen LogP contribution in [0, 0.1) is 6.92 Å². The summed E-state index contributed by atoms with van der Waals surface area (Å²) in [6.07, 6.45) is 0.460. The molecule has 0 saturated heterocycles. The van der Waals surface area contributed by atoms with Crippen LogP contribution >= 0.6 is 11.8 Å². The number of alkyl halides is 3. The van der Waals surface area contributed by atoms with E-state index in [-0.39, 0.29) is 5.91 Å². The topological polar surface area (TPSA) is 46.9 Å². The highest BCUT2D eigenvalue weighted by Gasteiger charge is 2.28. The molecule has 8 heteroatoms. The van der Waals surface area contributed by atoms with Crippen molar-refractivity contribution in [2.75, 3.05) is 11.1 Å². The molecule has 0 unspecified atom stereocenters. The number of aromatic nitrogens is 2. The Morgan fingerprint density at radius 2 is 2.17 bits per heavy atom. The number of nitrogens with zero attached hydrogens (tertiary/aromatic N) is 2. The molecule has 1 atom stereocenters. The average Bonchev–Trinajstić information content (AvgIpc) is 2.98. The molecule has 124 valence electrons. The first-order chi connectivity index (χ1) is 10.8. The van der Waals surface area contributed by atoms with Crippen molar-refractivity contribution in [1.82, 2.24) is 9.55 Å². The highest BCUT2D eigenvalue weighted by atomic mass is 32.2. The van der Waals surface area contributed by atoms with Crippen LogP contribution in [0.2, 0.25) is 0 Å². The SMILES string of the molecule is Cc1ccc(SCC(F)(F)F)c(NC(=O)[C@@H](C)n2ccnc2)c1. The van der Waals surface area contributed by atoms with Gasteiger partial charge in [-0.25, -0.2) is 4.98 Å². The van der Waals surface area contributed by atoms with Crippen LogP contribution in [0.1, 0.15) is 18.5 Å². The van der Waals surface area contributed by atoms with Gasteiger partial charge >= 0.3 is 6.18 Å². The van der Waals surface area contributed by atoms with Crippen LogP contribution in [0.3, 0.4) is 0 Å². The summed E-state index contributed by atoms with van der Waals surface area (Å²) in [4.78, 5) is 16.5. The summed E-state index contributed by atoms with van der Waals surface area (Å²) in [5, 5.41) is 2.70. The second-order valence-electron chi connectivity index (χ2n) is 5.08. The fourth-order valence-corrected chi connectivity index (χ4v) is 2.65. The third-order valence-corrected chi connectivity index (χ3v) is 4.27. The first kappa shape index (κ1) is 17.4. The highest BCUT2D eigenvalue weighted by molar-refractivity contribution is 7.99. The zero-order valence-corrected chi connectivity index (χ0v) is 13.4. The van der Waals surface area contributed by atoms with Gasteiger partial charge in [0.2, 0.25) is 5.91 Å². The number of carbonyl (C=O) groups excluding carboxylic acids is 1. The number of nitrogens with one attached hydrogen (secondary N) is 1. The molecule has 0 saturated carbocycles. The van der Waals surface area contributed by atoms with E-state index >= 15 is 0 Å². The van der Waals surface area contributed by atoms with Crippen LogP contribution in [0.25, 0.3) is 0 Å². The van der Waals surface area contributed by atoms with E-state index in [4.69, 9.17) is 0 Å². The maximum absolute atomic E-state index is 12.4. The first-order valence-electron chi connectivity index (χ1n) is 6.85. The molecule has 1 N–H and O–H groups in total.